The van der Waals surface area contributed by atoms with Crippen molar-refractivity contribution in [1.82, 2.24) is 14.9 Å². The number of piperazine rings is 1. The third kappa shape index (κ3) is 6.62. The fourth-order valence-corrected chi connectivity index (χ4v) is 6.13. The van der Waals surface area contributed by atoms with E-state index in [0.717, 1.165) is 15.6 Å². The monoisotopic (exact) mass is 569 g/mol. The van der Waals surface area contributed by atoms with Crippen molar-refractivity contribution in [3.05, 3.63) is 109 Å². The van der Waals surface area contributed by atoms with E-state index in [1.165, 1.54) is 19.2 Å². The van der Waals surface area contributed by atoms with E-state index in [9.17, 15) is 13.2 Å². The number of sulfonamides is 1. The Kier molecular flexibility index (Phi) is 8.71. The van der Waals surface area contributed by atoms with Crippen molar-refractivity contribution in [2.24, 2.45) is 0 Å². The van der Waals surface area contributed by atoms with Crippen LogP contribution in [0.2, 0.25) is 0 Å². The highest BCUT2D eigenvalue weighted by Gasteiger charge is 2.33. The summed E-state index contributed by atoms with van der Waals surface area (Å²) < 4.78 is 34.3. The van der Waals surface area contributed by atoms with E-state index in [1.54, 1.807) is 55.0 Å². The molecule has 1 fully saturated rings. The molecule has 0 bridgehead atoms. The number of hydrogen-bond donors (Lipinski definition) is 0. The summed E-state index contributed by atoms with van der Waals surface area (Å²) >= 11 is 0. The molecule has 2 aromatic carbocycles. The summed E-state index contributed by atoms with van der Waals surface area (Å²) in [6.45, 7) is 2.59. The lowest BCUT2D eigenvalue weighted by Gasteiger charge is -2.36. The van der Waals surface area contributed by atoms with E-state index in [4.69, 9.17) is 4.74 Å². The van der Waals surface area contributed by atoms with Gasteiger partial charge < -0.3 is 9.64 Å². The molecule has 0 aliphatic carbocycles. The molecule has 1 aliphatic rings. The third-order valence-electron chi connectivity index (χ3n) is 6.88. The van der Waals surface area contributed by atoms with Crippen LogP contribution in [0, 0.1) is 0 Å². The van der Waals surface area contributed by atoms with Crippen molar-refractivity contribution >= 4 is 39.5 Å². The van der Waals surface area contributed by atoms with E-state index < -0.39 is 15.9 Å². The van der Waals surface area contributed by atoms with Gasteiger partial charge in [0.05, 0.1) is 36.1 Å². The first-order valence-electron chi connectivity index (χ1n) is 13.2. The number of para-hydroxylation sites is 1. The molecule has 0 unspecified atom stereocenters. The van der Waals surface area contributed by atoms with Crippen LogP contribution in [-0.2, 0) is 14.8 Å². The van der Waals surface area contributed by atoms with Crippen molar-refractivity contribution < 1.29 is 17.9 Å². The van der Waals surface area contributed by atoms with Crippen LogP contribution in [0.15, 0.2) is 102 Å². The molecule has 0 atom stereocenters. The van der Waals surface area contributed by atoms with E-state index in [2.05, 4.69) is 14.9 Å². The number of rotatable bonds is 9. The summed E-state index contributed by atoms with van der Waals surface area (Å²) in [6.07, 6.45) is 10.6. The Bertz CT molecular complexity index is 1590. The van der Waals surface area contributed by atoms with Crippen molar-refractivity contribution in [3.63, 3.8) is 0 Å². The molecule has 0 N–H and O–H groups in total. The lowest BCUT2D eigenvalue weighted by Crippen LogP contribution is -2.51. The quantitative estimate of drug-likeness (QED) is 0.296. The Morgan fingerprint density at radius 3 is 2.29 bits per heavy atom. The Morgan fingerprint density at radius 1 is 0.878 bits per heavy atom. The zero-order valence-corrected chi connectivity index (χ0v) is 23.5. The van der Waals surface area contributed by atoms with Crippen LogP contribution < -0.4 is 13.9 Å². The van der Waals surface area contributed by atoms with Gasteiger partial charge in [0, 0.05) is 44.8 Å². The van der Waals surface area contributed by atoms with Gasteiger partial charge in [0.1, 0.15) is 5.75 Å². The fraction of sp³-hybridized carbons (Fsp3) is 0.194. The molecule has 3 heterocycles. The van der Waals surface area contributed by atoms with Crippen molar-refractivity contribution in [1.29, 1.82) is 0 Å². The molecule has 1 saturated heterocycles. The number of benzene rings is 2. The van der Waals surface area contributed by atoms with Crippen molar-refractivity contribution in [2.45, 2.75) is 4.90 Å². The number of pyridine rings is 2. The first kappa shape index (κ1) is 28.0. The van der Waals surface area contributed by atoms with Gasteiger partial charge in [-0.1, -0.05) is 30.4 Å². The summed E-state index contributed by atoms with van der Waals surface area (Å²) in [5, 5.41) is 0. The lowest BCUT2D eigenvalue weighted by atomic mass is 10.1. The Hall–Kier alpha value is -4.54. The number of methoxy groups -OCH3 is 1. The Morgan fingerprint density at radius 2 is 1.61 bits per heavy atom. The molecular formula is C31H31N5O4S. The minimum atomic E-state index is -4.25. The smallest absolute Gasteiger partial charge is 0.270 e. The van der Waals surface area contributed by atoms with Crippen molar-refractivity contribution in [2.75, 3.05) is 49.0 Å². The number of aromatic nitrogens is 2. The van der Waals surface area contributed by atoms with Crippen LogP contribution in [0.3, 0.4) is 0 Å². The van der Waals surface area contributed by atoms with E-state index in [-0.39, 0.29) is 17.1 Å². The predicted molar refractivity (Wildman–Crippen MR) is 160 cm³/mol. The molecule has 0 radical (unpaired) electrons. The summed E-state index contributed by atoms with van der Waals surface area (Å²) in [5.74, 6) is -0.00518. The van der Waals surface area contributed by atoms with Gasteiger partial charge in [-0.05, 0) is 65.7 Å². The maximum Gasteiger partial charge on any atom is 0.270 e. The van der Waals surface area contributed by atoms with E-state index in [0.29, 0.717) is 37.5 Å². The number of anilines is 2. The molecule has 1 amide bonds. The summed E-state index contributed by atoms with van der Waals surface area (Å²) in [6, 6.07) is 20.7. The van der Waals surface area contributed by atoms with Gasteiger partial charge in [-0.3, -0.25) is 19.7 Å². The number of carbonyl (C=O) groups is 1. The average molecular weight is 570 g/mol. The zero-order valence-electron chi connectivity index (χ0n) is 22.7. The molecule has 5 rings (SSSR count). The average Bonchev–Trinajstić information content (AvgIpc) is 3.02. The number of ether oxygens (including phenoxy) is 1. The van der Waals surface area contributed by atoms with Crippen LogP contribution in [0.4, 0.5) is 11.4 Å². The van der Waals surface area contributed by atoms with Gasteiger partial charge in [0.15, 0.2) is 0 Å². The molecule has 210 valence electrons. The maximum atomic E-state index is 14.1. The molecule has 0 saturated carbocycles. The van der Waals surface area contributed by atoms with Crippen LogP contribution in [0.5, 0.6) is 5.75 Å². The predicted octanol–water partition coefficient (Wildman–Crippen LogP) is 4.20. The normalized spacial score (nSPS) is 14.2. The number of nitrogens with zero attached hydrogens (tertiary/aromatic N) is 5. The van der Waals surface area contributed by atoms with Crippen molar-refractivity contribution in [3.8, 4) is 5.75 Å². The summed E-state index contributed by atoms with van der Waals surface area (Å²) in [5.41, 5.74) is 2.80. The first-order chi connectivity index (χ1) is 20.0. The largest absolute Gasteiger partial charge is 0.497 e. The number of carbonyl (C=O) groups excluding carboxylic acids is 1. The zero-order chi connectivity index (χ0) is 28.7. The topological polar surface area (TPSA) is 95.9 Å². The molecule has 2 aromatic heterocycles. The van der Waals surface area contributed by atoms with Crippen LogP contribution in [-0.4, -0.2) is 69.0 Å². The third-order valence-corrected chi connectivity index (χ3v) is 8.63. The second kappa shape index (κ2) is 12.8. The standard InChI is InChI=1S/C31H31N5O4S/c1-40-28-10-12-29(13-11-28)41(38,39)36(30-7-3-2-5-26(30)9-8-25-14-17-32-18-15-25)31(37)24-34-19-21-35(22-20-34)27-6-4-16-33-23-27/h2-18,23H,19-22,24H2,1H3/b9-8+. The molecule has 41 heavy (non-hydrogen) atoms. The van der Waals surface area contributed by atoms with Gasteiger partial charge in [-0.25, -0.2) is 12.7 Å². The van der Waals surface area contributed by atoms with E-state index in [1.807, 2.05) is 47.5 Å². The highest BCUT2D eigenvalue weighted by atomic mass is 32.2. The van der Waals surface area contributed by atoms with Gasteiger partial charge in [0.25, 0.3) is 15.9 Å². The van der Waals surface area contributed by atoms with Gasteiger partial charge in [-0.15, -0.1) is 0 Å². The maximum absolute atomic E-state index is 14.1. The summed E-state index contributed by atoms with van der Waals surface area (Å²) in [7, 11) is -2.74. The molecule has 0 spiro atoms. The number of amides is 1. The molecule has 9 nitrogen and oxygen atoms in total. The van der Waals surface area contributed by atoms with Crippen LogP contribution in [0.25, 0.3) is 12.2 Å². The highest BCUT2D eigenvalue weighted by molar-refractivity contribution is 7.93. The second-order valence-corrected chi connectivity index (χ2v) is 11.3. The van der Waals surface area contributed by atoms with E-state index >= 15 is 0 Å². The summed E-state index contributed by atoms with van der Waals surface area (Å²) in [4.78, 5) is 26.4. The minimum absolute atomic E-state index is 0.000892. The number of hydrogen-bond acceptors (Lipinski definition) is 8. The Labute approximate surface area is 240 Å². The second-order valence-electron chi connectivity index (χ2n) is 9.49. The molecule has 1 aliphatic heterocycles. The fourth-order valence-electron chi connectivity index (χ4n) is 4.69. The minimum Gasteiger partial charge on any atom is -0.497 e. The molecule has 10 heteroatoms. The lowest BCUT2D eigenvalue weighted by molar-refractivity contribution is -0.118. The van der Waals surface area contributed by atoms with Crippen LogP contribution >= 0.6 is 0 Å². The van der Waals surface area contributed by atoms with Gasteiger partial charge in [0.2, 0.25) is 0 Å². The SMILES string of the molecule is COc1ccc(S(=O)(=O)N(C(=O)CN2CCN(c3cccnc3)CC2)c2ccccc2/C=C/c2ccncc2)cc1. The van der Waals surface area contributed by atoms with Crippen LogP contribution in [0.1, 0.15) is 11.1 Å². The van der Waals surface area contributed by atoms with Gasteiger partial charge >= 0.3 is 0 Å². The van der Waals surface area contributed by atoms with Gasteiger partial charge in [-0.2, -0.15) is 0 Å². The highest BCUT2D eigenvalue weighted by Crippen LogP contribution is 2.30. The molecular weight excluding hydrogens is 538 g/mol. The Balaban J connectivity index is 1.45. The molecule has 4 aromatic rings. The first-order valence-corrected chi connectivity index (χ1v) is 14.7.